The zero-order valence-electron chi connectivity index (χ0n) is 9.93. The predicted molar refractivity (Wildman–Crippen MR) is 67.0 cm³/mol. The molecule has 98 valence electrons. The molecular weight excluding hydrogens is 234 g/mol. The van der Waals surface area contributed by atoms with Crippen molar-refractivity contribution in [3.05, 3.63) is 35.9 Å². The number of carboxylic acids is 1. The summed E-state index contributed by atoms with van der Waals surface area (Å²) in [6, 6.07) is 6.96. The number of hydrogen-bond acceptors (Lipinski definition) is 3. The van der Waals surface area contributed by atoms with E-state index in [2.05, 4.69) is 10.6 Å². The molecule has 0 unspecified atom stereocenters. The fourth-order valence-corrected chi connectivity index (χ4v) is 1.42. The minimum absolute atomic E-state index is 0.420. The molecule has 1 aromatic carbocycles. The first-order chi connectivity index (χ1) is 8.65. The molecule has 0 aromatic heterocycles. The number of rotatable bonds is 6. The molecule has 0 aliphatic carbocycles. The summed E-state index contributed by atoms with van der Waals surface area (Å²) < 4.78 is 0. The molecule has 0 fully saturated rings. The predicted octanol–water partition coefficient (Wildman–Crippen LogP) is 0.460. The molecule has 0 aliphatic heterocycles. The van der Waals surface area contributed by atoms with Gasteiger partial charge in [-0.2, -0.15) is 0 Å². The second-order valence-electron chi connectivity index (χ2n) is 3.72. The number of aliphatic carboxylic acids is 1. The van der Waals surface area contributed by atoms with Crippen LogP contribution >= 0.6 is 0 Å². The SMILES string of the molecule is NCCCNC(=O)N[C@H](C(=O)O)c1ccccc1. The smallest absolute Gasteiger partial charge is 0.330 e. The topological polar surface area (TPSA) is 104 Å². The lowest BCUT2D eigenvalue weighted by Crippen LogP contribution is -2.41. The summed E-state index contributed by atoms with van der Waals surface area (Å²) in [6.07, 6.45) is 0.649. The van der Waals surface area contributed by atoms with Crippen LogP contribution in [0, 0.1) is 0 Å². The van der Waals surface area contributed by atoms with Crippen LogP contribution in [0.25, 0.3) is 0 Å². The maximum atomic E-state index is 11.5. The van der Waals surface area contributed by atoms with E-state index in [9.17, 15) is 9.59 Å². The molecular formula is C12H17N3O3. The Morgan fingerprint density at radius 2 is 1.94 bits per heavy atom. The zero-order valence-corrected chi connectivity index (χ0v) is 9.93. The Labute approximate surface area is 105 Å². The van der Waals surface area contributed by atoms with Gasteiger partial charge in [0.15, 0.2) is 6.04 Å². The molecule has 1 atom stereocenters. The minimum atomic E-state index is -1.10. The van der Waals surface area contributed by atoms with Gasteiger partial charge in [-0.1, -0.05) is 30.3 Å². The molecule has 5 N–H and O–H groups in total. The largest absolute Gasteiger partial charge is 0.479 e. The molecule has 0 heterocycles. The van der Waals surface area contributed by atoms with E-state index in [1.807, 2.05) is 0 Å². The Balaban J connectivity index is 2.59. The lowest BCUT2D eigenvalue weighted by atomic mass is 10.1. The number of urea groups is 1. The third-order valence-electron chi connectivity index (χ3n) is 2.32. The van der Waals surface area contributed by atoms with Gasteiger partial charge in [0, 0.05) is 6.54 Å². The summed E-state index contributed by atoms with van der Waals surface area (Å²) in [5.74, 6) is -1.10. The zero-order chi connectivity index (χ0) is 13.4. The molecule has 6 nitrogen and oxygen atoms in total. The van der Waals surface area contributed by atoms with Gasteiger partial charge >= 0.3 is 12.0 Å². The Kier molecular flexibility index (Phi) is 5.66. The van der Waals surface area contributed by atoms with E-state index in [4.69, 9.17) is 10.8 Å². The van der Waals surface area contributed by atoms with Crippen LogP contribution in [0.3, 0.4) is 0 Å². The highest BCUT2D eigenvalue weighted by molar-refractivity contribution is 5.83. The van der Waals surface area contributed by atoms with Crippen molar-refractivity contribution in [3.63, 3.8) is 0 Å². The van der Waals surface area contributed by atoms with Gasteiger partial charge in [-0.15, -0.1) is 0 Å². The average molecular weight is 251 g/mol. The molecule has 0 aliphatic rings. The first-order valence-corrected chi connectivity index (χ1v) is 5.67. The number of nitrogens with two attached hydrogens (primary N) is 1. The number of carbonyl (C=O) groups is 2. The molecule has 0 saturated heterocycles. The van der Waals surface area contributed by atoms with Crippen molar-refractivity contribution in [2.24, 2.45) is 5.73 Å². The molecule has 1 aromatic rings. The molecule has 0 saturated carbocycles. The fraction of sp³-hybridized carbons (Fsp3) is 0.333. The Bertz CT molecular complexity index is 395. The third kappa shape index (κ3) is 4.42. The highest BCUT2D eigenvalue weighted by atomic mass is 16.4. The average Bonchev–Trinajstić information content (AvgIpc) is 2.37. The van der Waals surface area contributed by atoms with Crippen molar-refractivity contribution in [1.82, 2.24) is 10.6 Å². The van der Waals surface area contributed by atoms with E-state index < -0.39 is 18.0 Å². The normalized spacial score (nSPS) is 11.6. The van der Waals surface area contributed by atoms with Gasteiger partial charge in [0.2, 0.25) is 0 Å². The van der Waals surface area contributed by atoms with Gasteiger partial charge in [-0.05, 0) is 18.5 Å². The van der Waals surface area contributed by atoms with Crippen LogP contribution < -0.4 is 16.4 Å². The molecule has 0 bridgehead atoms. The summed E-state index contributed by atoms with van der Waals surface area (Å²) in [5.41, 5.74) is 5.82. The number of nitrogens with one attached hydrogen (secondary N) is 2. The molecule has 6 heteroatoms. The highest BCUT2D eigenvalue weighted by Gasteiger charge is 2.21. The molecule has 2 amide bonds. The minimum Gasteiger partial charge on any atom is -0.479 e. The van der Waals surface area contributed by atoms with Gasteiger partial charge in [0.25, 0.3) is 0 Å². The van der Waals surface area contributed by atoms with Gasteiger partial charge in [0.05, 0.1) is 0 Å². The van der Waals surface area contributed by atoms with Gasteiger partial charge < -0.3 is 21.5 Å². The van der Waals surface area contributed by atoms with Crippen molar-refractivity contribution in [2.75, 3.05) is 13.1 Å². The molecule has 0 radical (unpaired) electrons. The summed E-state index contributed by atoms with van der Waals surface area (Å²) in [4.78, 5) is 22.6. The van der Waals surface area contributed by atoms with Crippen LogP contribution in [0.2, 0.25) is 0 Å². The maximum Gasteiger partial charge on any atom is 0.330 e. The molecule has 1 rings (SSSR count). The van der Waals surface area contributed by atoms with E-state index >= 15 is 0 Å². The van der Waals surface area contributed by atoms with Crippen molar-refractivity contribution >= 4 is 12.0 Å². The number of carbonyl (C=O) groups excluding carboxylic acids is 1. The quantitative estimate of drug-likeness (QED) is 0.551. The third-order valence-corrected chi connectivity index (χ3v) is 2.32. The summed E-state index contributed by atoms with van der Waals surface area (Å²) in [6.45, 7) is 0.894. The Morgan fingerprint density at radius 3 is 2.50 bits per heavy atom. The number of amides is 2. The second-order valence-corrected chi connectivity index (χ2v) is 3.72. The lowest BCUT2D eigenvalue weighted by molar-refractivity contribution is -0.139. The summed E-state index contributed by atoms with van der Waals surface area (Å²) in [7, 11) is 0. The number of benzene rings is 1. The molecule has 0 spiro atoms. The van der Waals surface area contributed by atoms with Crippen LogP contribution in [-0.4, -0.2) is 30.2 Å². The van der Waals surface area contributed by atoms with Gasteiger partial charge in [-0.3, -0.25) is 0 Å². The fourth-order valence-electron chi connectivity index (χ4n) is 1.42. The first kappa shape index (κ1) is 14.0. The van der Waals surface area contributed by atoms with Crippen molar-refractivity contribution < 1.29 is 14.7 Å². The van der Waals surface area contributed by atoms with E-state index in [1.165, 1.54) is 0 Å². The van der Waals surface area contributed by atoms with Crippen LogP contribution in [-0.2, 0) is 4.79 Å². The summed E-state index contributed by atoms with van der Waals surface area (Å²) >= 11 is 0. The van der Waals surface area contributed by atoms with Gasteiger partial charge in [0.1, 0.15) is 0 Å². The van der Waals surface area contributed by atoms with Crippen molar-refractivity contribution in [2.45, 2.75) is 12.5 Å². The highest BCUT2D eigenvalue weighted by Crippen LogP contribution is 2.12. The monoisotopic (exact) mass is 251 g/mol. The van der Waals surface area contributed by atoms with Crippen LogP contribution in [0.5, 0.6) is 0 Å². The van der Waals surface area contributed by atoms with E-state index in [0.29, 0.717) is 25.1 Å². The number of hydrogen-bond donors (Lipinski definition) is 4. The van der Waals surface area contributed by atoms with E-state index in [1.54, 1.807) is 30.3 Å². The maximum absolute atomic E-state index is 11.5. The first-order valence-electron chi connectivity index (χ1n) is 5.67. The standard InChI is InChI=1S/C12H17N3O3/c13-7-4-8-14-12(18)15-10(11(16)17)9-5-2-1-3-6-9/h1-3,5-6,10H,4,7-8,13H2,(H,16,17)(H2,14,15,18)/t10-/m0/s1. The van der Waals surface area contributed by atoms with Crippen LogP contribution in [0.15, 0.2) is 30.3 Å². The number of carboxylic acid groups (broad SMARTS) is 1. The van der Waals surface area contributed by atoms with Gasteiger partial charge in [-0.25, -0.2) is 9.59 Å². The lowest BCUT2D eigenvalue weighted by Gasteiger charge is -2.15. The van der Waals surface area contributed by atoms with Crippen molar-refractivity contribution in [3.8, 4) is 0 Å². The Morgan fingerprint density at radius 1 is 1.28 bits per heavy atom. The van der Waals surface area contributed by atoms with Crippen LogP contribution in [0.1, 0.15) is 18.0 Å². The van der Waals surface area contributed by atoms with E-state index in [-0.39, 0.29) is 0 Å². The Hall–Kier alpha value is -2.08. The second kappa shape index (κ2) is 7.29. The molecule has 18 heavy (non-hydrogen) atoms. The van der Waals surface area contributed by atoms with Crippen LogP contribution in [0.4, 0.5) is 4.79 Å². The van der Waals surface area contributed by atoms with Crippen molar-refractivity contribution in [1.29, 1.82) is 0 Å². The summed E-state index contributed by atoms with van der Waals surface area (Å²) in [5, 5.41) is 14.0. The van der Waals surface area contributed by atoms with E-state index in [0.717, 1.165) is 0 Å².